The molecule has 0 aromatic carbocycles. The Labute approximate surface area is 133 Å². The molecule has 22 heavy (non-hydrogen) atoms. The Morgan fingerprint density at radius 1 is 0.682 bits per heavy atom. The standard InChI is InChI=1S/C4H10O2.3CH2O4.Al/c5-3-1-2-4-6;3*2-1(3)5-4;/h5-6H,1-4H2;3*4H,(H,2,3);/q;;;;+3/p-3. The number of aliphatic hydroxyl groups excluding tert-OH is 2. The van der Waals surface area contributed by atoms with E-state index in [1.165, 1.54) is 0 Å². The third-order valence-corrected chi connectivity index (χ3v) is 0.790. The quantitative estimate of drug-likeness (QED) is 0.107. The number of hydrogen-bond acceptors (Lipinski definition) is 14. The third-order valence-electron chi connectivity index (χ3n) is 0.790. The fourth-order valence-corrected chi connectivity index (χ4v) is 0.224. The molecule has 0 aliphatic carbocycles. The van der Waals surface area contributed by atoms with Crippen molar-refractivity contribution in [2.75, 3.05) is 13.2 Å². The normalized spacial score (nSPS) is 6.95. The van der Waals surface area contributed by atoms with Gasteiger partial charge < -0.3 is 54.6 Å². The van der Waals surface area contributed by atoms with Crippen LogP contribution >= 0.6 is 0 Å². The molecule has 0 saturated carbocycles. The molecule has 15 heteroatoms. The van der Waals surface area contributed by atoms with E-state index >= 15 is 0 Å². The Morgan fingerprint density at radius 2 is 0.818 bits per heavy atom. The maximum atomic E-state index is 8.78. The first kappa shape index (κ1) is 32.2. The van der Waals surface area contributed by atoms with Crippen LogP contribution in [0.15, 0.2) is 0 Å². The largest absolute Gasteiger partial charge is 3.00 e. The topological polar surface area (TPSA) is 249 Å². The average molecular weight is 348 g/mol. The van der Waals surface area contributed by atoms with Crippen LogP contribution in [0.1, 0.15) is 12.8 Å². The first-order valence-electron chi connectivity index (χ1n) is 4.52. The second kappa shape index (κ2) is 31.5. The van der Waals surface area contributed by atoms with E-state index in [0.29, 0.717) is 0 Å². The predicted octanol–water partition coefficient (Wildman–Crippen LogP) is -4.17. The van der Waals surface area contributed by atoms with Gasteiger partial charge in [-0.15, -0.1) is 0 Å². The van der Waals surface area contributed by atoms with Gasteiger partial charge in [0.05, 0.1) is 0 Å². The molecule has 0 aliphatic heterocycles. The number of carbonyl (C=O) groups excluding carboxylic acids is 3. The SMILES string of the molecule is O=C([O-])OO.O=C([O-])OO.O=C([O-])OO.OCCCCO.[Al+3]. The summed E-state index contributed by atoms with van der Waals surface area (Å²) in [6.07, 6.45) is -4.38. The first-order valence-corrected chi connectivity index (χ1v) is 4.52. The van der Waals surface area contributed by atoms with Crippen LogP contribution in [-0.2, 0) is 14.7 Å². The van der Waals surface area contributed by atoms with E-state index in [2.05, 4.69) is 14.7 Å². The summed E-state index contributed by atoms with van der Waals surface area (Å²) >= 11 is 0. The van der Waals surface area contributed by atoms with Gasteiger partial charge in [-0.3, -0.25) is 15.8 Å². The maximum absolute atomic E-state index is 8.78. The van der Waals surface area contributed by atoms with E-state index in [4.69, 9.17) is 55.7 Å². The van der Waals surface area contributed by atoms with Crippen LogP contribution in [0.25, 0.3) is 0 Å². The molecule has 0 aromatic rings. The van der Waals surface area contributed by atoms with Crippen molar-refractivity contribution in [2.24, 2.45) is 0 Å². The molecule has 5 N–H and O–H groups in total. The van der Waals surface area contributed by atoms with Gasteiger partial charge in [-0.1, -0.05) is 0 Å². The molecule has 0 radical (unpaired) electrons. The molecule has 0 saturated heterocycles. The minimum Gasteiger partial charge on any atom is -0.424 e. The van der Waals surface area contributed by atoms with Crippen LogP contribution in [0.2, 0.25) is 0 Å². The molecule has 14 nitrogen and oxygen atoms in total. The van der Waals surface area contributed by atoms with Crippen molar-refractivity contribution in [1.82, 2.24) is 0 Å². The average Bonchev–Trinajstić information content (AvgIpc) is 2.46. The van der Waals surface area contributed by atoms with Crippen molar-refractivity contribution in [3.63, 3.8) is 0 Å². The Kier molecular flexibility index (Phi) is 46.1. The Balaban J connectivity index is -0.0000000577. The smallest absolute Gasteiger partial charge is 0.424 e. The van der Waals surface area contributed by atoms with Crippen LogP contribution in [-0.4, -0.2) is 75.0 Å². The van der Waals surface area contributed by atoms with Crippen molar-refractivity contribution in [3.05, 3.63) is 0 Å². The monoisotopic (exact) mass is 348 g/mol. The van der Waals surface area contributed by atoms with E-state index in [9.17, 15) is 0 Å². The first-order chi connectivity index (χ1) is 9.72. The van der Waals surface area contributed by atoms with Crippen molar-refractivity contribution >= 4 is 35.8 Å². The van der Waals surface area contributed by atoms with Crippen molar-refractivity contribution in [1.29, 1.82) is 0 Å². The minimum atomic E-state index is -1.94. The van der Waals surface area contributed by atoms with Gasteiger partial charge in [-0.25, -0.2) is 0 Å². The summed E-state index contributed by atoms with van der Waals surface area (Å²) in [5.41, 5.74) is 0. The molecule has 0 bridgehead atoms. The van der Waals surface area contributed by atoms with Crippen molar-refractivity contribution in [2.45, 2.75) is 12.8 Å². The van der Waals surface area contributed by atoms with E-state index in [0.717, 1.165) is 12.8 Å². The van der Waals surface area contributed by atoms with Crippen LogP contribution in [0.3, 0.4) is 0 Å². The number of aliphatic hydroxyl groups is 2. The zero-order valence-corrected chi connectivity index (χ0v) is 12.0. The fraction of sp³-hybridized carbons (Fsp3) is 0.571. The number of carbonyl (C=O) groups is 3. The van der Waals surface area contributed by atoms with Crippen LogP contribution in [0, 0.1) is 0 Å². The predicted molar refractivity (Wildman–Crippen MR) is 56.5 cm³/mol. The molecular formula is C7H13AlO14. The van der Waals surface area contributed by atoms with Gasteiger partial charge in [0.2, 0.25) is 0 Å². The molecule has 0 heterocycles. The fourth-order valence-electron chi connectivity index (χ4n) is 0.224. The number of rotatable bonds is 3. The van der Waals surface area contributed by atoms with Gasteiger partial charge in [0.15, 0.2) is 0 Å². The Hall–Kier alpha value is -1.86. The van der Waals surface area contributed by atoms with Crippen LogP contribution in [0.4, 0.5) is 14.4 Å². The summed E-state index contributed by atoms with van der Waals surface area (Å²) in [6.45, 7) is 0.390. The third kappa shape index (κ3) is 105. The van der Waals surface area contributed by atoms with E-state index in [1.54, 1.807) is 0 Å². The summed E-state index contributed by atoms with van der Waals surface area (Å²) in [5, 5.41) is 63.5. The second-order valence-electron chi connectivity index (χ2n) is 2.18. The second-order valence-corrected chi connectivity index (χ2v) is 2.18. The number of carboxylic acid groups (broad SMARTS) is 3. The van der Waals surface area contributed by atoms with Crippen molar-refractivity contribution < 1.29 is 70.4 Å². The Bertz CT molecular complexity index is 208. The molecule has 128 valence electrons. The summed E-state index contributed by atoms with van der Waals surface area (Å²) in [5.74, 6) is 0. The van der Waals surface area contributed by atoms with E-state index in [-0.39, 0.29) is 30.6 Å². The maximum Gasteiger partial charge on any atom is 3.00 e. The summed E-state index contributed by atoms with van der Waals surface area (Å²) in [4.78, 5) is 34.0. The van der Waals surface area contributed by atoms with Gasteiger partial charge in [-0.05, 0) is 12.8 Å². The molecule has 0 atom stereocenters. The summed E-state index contributed by atoms with van der Waals surface area (Å²) in [7, 11) is 0. The molecule has 0 rings (SSSR count). The van der Waals surface area contributed by atoms with Gasteiger partial charge in [0, 0.05) is 13.2 Å². The molecule has 0 aromatic heterocycles. The number of unbranched alkanes of at least 4 members (excludes halogenated alkanes) is 1. The van der Waals surface area contributed by atoms with Gasteiger partial charge in [0.1, 0.15) is 0 Å². The van der Waals surface area contributed by atoms with Gasteiger partial charge in [0.25, 0.3) is 18.5 Å². The van der Waals surface area contributed by atoms with Crippen molar-refractivity contribution in [3.8, 4) is 0 Å². The van der Waals surface area contributed by atoms with Gasteiger partial charge in [-0.2, -0.15) is 0 Å². The Morgan fingerprint density at radius 3 is 0.864 bits per heavy atom. The molecule has 0 amide bonds. The van der Waals surface area contributed by atoms with Crippen LogP contribution in [0.5, 0.6) is 0 Å². The molecule has 0 aliphatic rings. The van der Waals surface area contributed by atoms with E-state index in [1.807, 2.05) is 0 Å². The van der Waals surface area contributed by atoms with E-state index < -0.39 is 18.5 Å². The summed E-state index contributed by atoms with van der Waals surface area (Å²) in [6, 6.07) is 0. The molecular weight excluding hydrogens is 335 g/mol. The zero-order chi connectivity index (χ0) is 17.7. The molecule has 0 unspecified atom stereocenters. The van der Waals surface area contributed by atoms with Gasteiger partial charge >= 0.3 is 17.4 Å². The zero-order valence-electron chi connectivity index (χ0n) is 10.8. The molecule has 0 fully saturated rings. The summed E-state index contributed by atoms with van der Waals surface area (Å²) < 4.78 is 0. The molecule has 0 spiro atoms. The van der Waals surface area contributed by atoms with Crippen LogP contribution < -0.4 is 15.3 Å². The number of hydrogen-bond donors (Lipinski definition) is 5. The minimum absolute atomic E-state index is 0.